The molecule has 1 saturated carbocycles. The van der Waals surface area contributed by atoms with Crippen LogP contribution in [-0.4, -0.2) is 39.5 Å². The molecule has 1 fully saturated rings. The standard InChI is InChI=1S/C14H15N3O5S/c15-7-10-3-1-2-4-12(10)23(20,21)16-8-14(19)22-9-13(18)17-11-5-6-11/h1-4,11,16H,5-6,8-9H2,(H,17,18). The smallest absolute Gasteiger partial charge is 0.321 e. The summed E-state index contributed by atoms with van der Waals surface area (Å²) in [6.45, 7) is -1.08. The zero-order valence-corrected chi connectivity index (χ0v) is 12.9. The van der Waals surface area contributed by atoms with Crippen molar-refractivity contribution < 1.29 is 22.7 Å². The zero-order chi connectivity index (χ0) is 16.9. The summed E-state index contributed by atoms with van der Waals surface area (Å²) in [5.41, 5.74) is -0.0304. The van der Waals surface area contributed by atoms with Crippen LogP contribution in [0.1, 0.15) is 18.4 Å². The highest BCUT2D eigenvalue weighted by Crippen LogP contribution is 2.18. The molecule has 1 aliphatic rings. The highest BCUT2D eigenvalue weighted by Gasteiger charge is 2.24. The first-order chi connectivity index (χ1) is 10.9. The number of nitriles is 1. The largest absolute Gasteiger partial charge is 0.455 e. The molecule has 1 aliphatic carbocycles. The second-order valence-corrected chi connectivity index (χ2v) is 6.67. The van der Waals surface area contributed by atoms with Crippen molar-refractivity contribution in [3.63, 3.8) is 0 Å². The average Bonchev–Trinajstić information content (AvgIpc) is 3.35. The minimum Gasteiger partial charge on any atom is -0.455 e. The summed E-state index contributed by atoms with van der Waals surface area (Å²) in [4.78, 5) is 22.6. The Bertz CT molecular complexity index is 750. The lowest BCUT2D eigenvalue weighted by atomic mass is 10.2. The molecule has 1 aromatic carbocycles. The monoisotopic (exact) mass is 337 g/mol. The second-order valence-electron chi connectivity index (χ2n) is 4.93. The van der Waals surface area contributed by atoms with Gasteiger partial charge in [-0.15, -0.1) is 0 Å². The van der Waals surface area contributed by atoms with Gasteiger partial charge in [0.25, 0.3) is 5.91 Å². The molecule has 0 unspecified atom stereocenters. The summed E-state index contributed by atoms with van der Waals surface area (Å²) in [7, 11) is -4.02. The first-order valence-electron chi connectivity index (χ1n) is 6.86. The van der Waals surface area contributed by atoms with Crippen LogP contribution >= 0.6 is 0 Å². The van der Waals surface area contributed by atoms with Crippen molar-refractivity contribution in [3.8, 4) is 6.07 Å². The van der Waals surface area contributed by atoms with E-state index < -0.39 is 35.1 Å². The van der Waals surface area contributed by atoms with Gasteiger partial charge in [0.15, 0.2) is 6.61 Å². The number of carbonyl (C=O) groups excluding carboxylic acids is 2. The summed E-state index contributed by atoms with van der Waals surface area (Å²) in [6, 6.07) is 7.54. The van der Waals surface area contributed by atoms with E-state index in [2.05, 4.69) is 10.1 Å². The van der Waals surface area contributed by atoms with Crippen LogP contribution < -0.4 is 10.0 Å². The van der Waals surface area contributed by atoms with Crippen LogP contribution in [0.15, 0.2) is 29.2 Å². The molecule has 1 amide bonds. The van der Waals surface area contributed by atoms with Crippen molar-refractivity contribution in [3.05, 3.63) is 29.8 Å². The van der Waals surface area contributed by atoms with E-state index in [1.165, 1.54) is 24.3 Å². The SMILES string of the molecule is N#Cc1ccccc1S(=O)(=O)NCC(=O)OCC(=O)NC1CC1. The maximum Gasteiger partial charge on any atom is 0.321 e. The third-order valence-corrected chi connectivity index (χ3v) is 4.47. The van der Waals surface area contributed by atoms with E-state index >= 15 is 0 Å². The summed E-state index contributed by atoms with van der Waals surface area (Å²) in [5.74, 6) is -1.30. The van der Waals surface area contributed by atoms with Gasteiger partial charge >= 0.3 is 5.97 Å². The van der Waals surface area contributed by atoms with Gasteiger partial charge < -0.3 is 10.1 Å². The van der Waals surface area contributed by atoms with Gasteiger partial charge in [-0.3, -0.25) is 9.59 Å². The van der Waals surface area contributed by atoms with E-state index in [1.54, 1.807) is 6.07 Å². The van der Waals surface area contributed by atoms with Crippen LogP contribution in [0.4, 0.5) is 0 Å². The van der Waals surface area contributed by atoms with E-state index in [0.29, 0.717) is 0 Å². The Morgan fingerprint density at radius 2 is 2.00 bits per heavy atom. The fraction of sp³-hybridized carbons (Fsp3) is 0.357. The van der Waals surface area contributed by atoms with E-state index in [4.69, 9.17) is 5.26 Å². The minimum atomic E-state index is -4.02. The lowest BCUT2D eigenvalue weighted by molar-refractivity contribution is -0.147. The number of hydrogen-bond acceptors (Lipinski definition) is 6. The van der Waals surface area contributed by atoms with Crippen molar-refractivity contribution in [2.45, 2.75) is 23.8 Å². The van der Waals surface area contributed by atoms with Crippen LogP contribution in [0, 0.1) is 11.3 Å². The molecule has 2 rings (SSSR count). The number of nitrogens with one attached hydrogen (secondary N) is 2. The topological polar surface area (TPSA) is 125 Å². The summed E-state index contributed by atoms with van der Waals surface area (Å²) < 4.78 is 30.8. The number of sulfonamides is 1. The maximum absolute atomic E-state index is 12.1. The van der Waals surface area contributed by atoms with E-state index in [0.717, 1.165) is 12.8 Å². The number of esters is 1. The van der Waals surface area contributed by atoms with Crippen molar-refractivity contribution in [1.29, 1.82) is 5.26 Å². The molecule has 0 aromatic heterocycles. The van der Waals surface area contributed by atoms with Gasteiger partial charge in [0.2, 0.25) is 10.0 Å². The fourth-order valence-corrected chi connectivity index (χ4v) is 2.84. The average molecular weight is 337 g/mol. The van der Waals surface area contributed by atoms with Gasteiger partial charge in [-0.05, 0) is 25.0 Å². The first-order valence-corrected chi connectivity index (χ1v) is 8.34. The predicted octanol–water partition coefficient (Wildman–Crippen LogP) is -0.342. The number of amides is 1. The Hall–Kier alpha value is -2.44. The third kappa shape index (κ3) is 5.05. The normalized spacial score (nSPS) is 13.9. The minimum absolute atomic E-state index is 0.0304. The quantitative estimate of drug-likeness (QED) is 0.656. The van der Waals surface area contributed by atoms with E-state index in [1.807, 2.05) is 4.72 Å². The maximum atomic E-state index is 12.1. The molecule has 0 radical (unpaired) electrons. The number of hydrogen-bond donors (Lipinski definition) is 2. The Morgan fingerprint density at radius 1 is 1.30 bits per heavy atom. The second kappa shape index (κ2) is 7.21. The molecule has 122 valence electrons. The number of rotatable bonds is 7. The first kappa shape index (κ1) is 16.9. The van der Waals surface area contributed by atoms with E-state index in [-0.39, 0.29) is 16.5 Å². The molecule has 0 aliphatic heterocycles. The van der Waals surface area contributed by atoms with Gasteiger partial charge in [-0.2, -0.15) is 9.98 Å². The molecule has 8 nitrogen and oxygen atoms in total. The number of ether oxygens (including phenoxy) is 1. The van der Waals surface area contributed by atoms with Gasteiger partial charge in [0.1, 0.15) is 12.6 Å². The van der Waals surface area contributed by atoms with Crippen LogP contribution in [-0.2, 0) is 24.3 Å². The summed E-state index contributed by atoms with van der Waals surface area (Å²) in [5, 5.41) is 11.5. The predicted molar refractivity (Wildman–Crippen MR) is 78.5 cm³/mol. The zero-order valence-electron chi connectivity index (χ0n) is 12.1. The molecular weight excluding hydrogens is 322 g/mol. The fourth-order valence-electron chi connectivity index (χ4n) is 1.72. The van der Waals surface area contributed by atoms with Gasteiger partial charge in [0, 0.05) is 6.04 Å². The van der Waals surface area contributed by atoms with Crippen LogP contribution in [0.3, 0.4) is 0 Å². The Morgan fingerprint density at radius 3 is 2.65 bits per heavy atom. The van der Waals surface area contributed by atoms with Crippen LogP contribution in [0.5, 0.6) is 0 Å². The summed E-state index contributed by atoms with van der Waals surface area (Å²) >= 11 is 0. The van der Waals surface area contributed by atoms with Gasteiger partial charge in [0.05, 0.1) is 10.5 Å². The van der Waals surface area contributed by atoms with E-state index in [9.17, 15) is 18.0 Å². The number of carbonyl (C=O) groups is 2. The Labute approximate surface area is 133 Å². The van der Waals surface area contributed by atoms with Crippen LogP contribution in [0.2, 0.25) is 0 Å². The van der Waals surface area contributed by atoms with Gasteiger partial charge in [-0.1, -0.05) is 12.1 Å². The molecule has 23 heavy (non-hydrogen) atoms. The molecule has 9 heteroatoms. The van der Waals surface area contributed by atoms with Crippen molar-refractivity contribution in [1.82, 2.24) is 10.0 Å². The third-order valence-electron chi connectivity index (χ3n) is 3.01. The highest BCUT2D eigenvalue weighted by molar-refractivity contribution is 7.89. The Kier molecular flexibility index (Phi) is 5.31. The number of benzene rings is 1. The van der Waals surface area contributed by atoms with Crippen molar-refractivity contribution in [2.24, 2.45) is 0 Å². The molecule has 2 N–H and O–H groups in total. The molecule has 0 heterocycles. The lowest BCUT2D eigenvalue weighted by Gasteiger charge is -2.08. The molecule has 0 atom stereocenters. The van der Waals surface area contributed by atoms with Crippen molar-refractivity contribution in [2.75, 3.05) is 13.2 Å². The number of nitrogens with zero attached hydrogens (tertiary/aromatic N) is 1. The summed E-state index contributed by atoms with van der Waals surface area (Å²) in [6.07, 6.45) is 1.83. The highest BCUT2D eigenvalue weighted by atomic mass is 32.2. The van der Waals surface area contributed by atoms with Crippen molar-refractivity contribution >= 4 is 21.9 Å². The molecule has 1 aromatic rings. The molecule has 0 saturated heterocycles. The van der Waals surface area contributed by atoms with Crippen LogP contribution in [0.25, 0.3) is 0 Å². The molecule has 0 bridgehead atoms. The lowest BCUT2D eigenvalue weighted by Crippen LogP contribution is -2.34. The molecule has 0 spiro atoms. The Balaban J connectivity index is 1.85. The van der Waals surface area contributed by atoms with Gasteiger partial charge in [-0.25, -0.2) is 8.42 Å². The molecular formula is C14H15N3O5S.